The Kier molecular flexibility index (Phi) is 3.75. The number of carbonyl (C=O) groups is 3. The predicted molar refractivity (Wildman–Crippen MR) is 60.3 cm³/mol. The summed E-state index contributed by atoms with van der Waals surface area (Å²) in [6, 6.07) is -2.34. The van der Waals surface area contributed by atoms with E-state index < -0.39 is 30.0 Å². The van der Waals surface area contributed by atoms with E-state index in [0.29, 0.717) is 0 Å². The molecule has 1 heterocycles. The Bertz CT molecular complexity index is 351. The van der Waals surface area contributed by atoms with E-state index in [1.807, 2.05) is 0 Å². The molecule has 0 bridgehead atoms. The quantitative estimate of drug-likeness (QED) is 0.709. The molecule has 3 amide bonds. The first-order chi connectivity index (χ1) is 7.77. The molecule has 0 aromatic heterocycles. The number of carbonyl (C=O) groups excluding carboxylic acids is 2. The maximum absolute atomic E-state index is 12.0. The molecular formula is C11H18N2O4. The highest BCUT2D eigenvalue weighted by Gasteiger charge is 2.46. The first kappa shape index (κ1) is 13.5. The van der Waals surface area contributed by atoms with Crippen LogP contribution in [0.4, 0.5) is 4.79 Å². The number of rotatable bonds is 4. The lowest BCUT2D eigenvalue weighted by atomic mass is 10.0. The molecule has 0 aromatic rings. The van der Waals surface area contributed by atoms with E-state index in [1.54, 1.807) is 27.7 Å². The molecular weight excluding hydrogens is 224 g/mol. The minimum absolute atomic E-state index is 0.0574. The summed E-state index contributed by atoms with van der Waals surface area (Å²) in [6.45, 7) is 6.94. The lowest BCUT2D eigenvalue weighted by Crippen LogP contribution is -2.48. The third-order valence-electron chi connectivity index (χ3n) is 2.83. The Morgan fingerprint density at radius 1 is 1.29 bits per heavy atom. The lowest BCUT2D eigenvalue weighted by Gasteiger charge is -2.24. The van der Waals surface area contributed by atoms with Crippen LogP contribution >= 0.6 is 0 Å². The number of urea groups is 1. The molecule has 17 heavy (non-hydrogen) atoms. The number of aliphatic carboxylic acids is 1. The number of amides is 3. The SMILES string of the molecule is CC(C)C1NC(=O)N(C(C(=O)O)C(C)C)C1=O. The van der Waals surface area contributed by atoms with Crippen LogP contribution in [-0.2, 0) is 9.59 Å². The molecule has 2 atom stereocenters. The van der Waals surface area contributed by atoms with Gasteiger partial charge in [0.25, 0.3) is 5.91 Å². The summed E-state index contributed by atoms with van der Waals surface area (Å²) in [4.78, 5) is 35.6. The van der Waals surface area contributed by atoms with Crippen LogP contribution in [-0.4, -0.2) is 40.0 Å². The van der Waals surface area contributed by atoms with Gasteiger partial charge >= 0.3 is 12.0 Å². The minimum Gasteiger partial charge on any atom is -0.480 e. The Hall–Kier alpha value is -1.59. The predicted octanol–water partition coefficient (Wildman–Crippen LogP) is 0.672. The van der Waals surface area contributed by atoms with Crippen molar-refractivity contribution in [2.24, 2.45) is 11.8 Å². The lowest BCUT2D eigenvalue weighted by molar-refractivity contribution is -0.148. The third kappa shape index (κ3) is 2.40. The van der Waals surface area contributed by atoms with Gasteiger partial charge in [-0.2, -0.15) is 0 Å². The average molecular weight is 242 g/mol. The van der Waals surface area contributed by atoms with Crippen LogP contribution in [0.15, 0.2) is 0 Å². The van der Waals surface area contributed by atoms with Crippen molar-refractivity contribution in [3.05, 3.63) is 0 Å². The van der Waals surface area contributed by atoms with Crippen LogP contribution in [0.25, 0.3) is 0 Å². The molecule has 2 N–H and O–H groups in total. The van der Waals surface area contributed by atoms with Crippen LogP contribution in [0.5, 0.6) is 0 Å². The summed E-state index contributed by atoms with van der Waals surface area (Å²) in [5, 5.41) is 11.6. The fourth-order valence-corrected chi connectivity index (χ4v) is 1.92. The highest BCUT2D eigenvalue weighted by atomic mass is 16.4. The first-order valence-electron chi connectivity index (χ1n) is 5.63. The van der Waals surface area contributed by atoms with Crippen molar-refractivity contribution >= 4 is 17.9 Å². The maximum atomic E-state index is 12.0. The van der Waals surface area contributed by atoms with Crippen molar-refractivity contribution < 1.29 is 19.5 Å². The van der Waals surface area contributed by atoms with Gasteiger partial charge in [0.1, 0.15) is 12.1 Å². The molecule has 0 aromatic carbocycles. The zero-order chi connectivity index (χ0) is 13.3. The average Bonchev–Trinajstić information content (AvgIpc) is 2.44. The normalized spacial score (nSPS) is 22.2. The molecule has 96 valence electrons. The van der Waals surface area contributed by atoms with Gasteiger partial charge in [0.05, 0.1) is 0 Å². The Labute approximate surface area is 100.0 Å². The first-order valence-corrected chi connectivity index (χ1v) is 5.63. The molecule has 1 aliphatic heterocycles. The Morgan fingerprint density at radius 3 is 2.12 bits per heavy atom. The number of hydrogen-bond donors (Lipinski definition) is 2. The molecule has 0 saturated carbocycles. The van der Waals surface area contributed by atoms with Gasteiger partial charge in [-0.05, 0) is 11.8 Å². The van der Waals surface area contributed by atoms with Gasteiger partial charge in [-0.1, -0.05) is 27.7 Å². The number of nitrogens with one attached hydrogen (secondary N) is 1. The minimum atomic E-state index is -1.16. The van der Waals surface area contributed by atoms with E-state index in [4.69, 9.17) is 5.11 Å². The topological polar surface area (TPSA) is 86.7 Å². The van der Waals surface area contributed by atoms with Crippen LogP contribution in [0.2, 0.25) is 0 Å². The van der Waals surface area contributed by atoms with E-state index in [-0.39, 0.29) is 11.8 Å². The standard InChI is InChI=1S/C11H18N2O4/c1-5(2)7-9(14)13(11(17)12-7)8(6(3)4)10(15)16/h5-8H,1-4H3,(H,12,17)(H,15,16). The van der Waals surface area contributed by atoms with Crippen LogP contribution < -0.4 is 5.32 Å². The van der Waals surface area contributed by atoms with Gasteiger partial charge in [0, 0.05) is 0 Å². The summed E-state index contributed by atoms with van der Waals surface area (Å²) in [5.74, 6) is -2.00. The van der Waals surface area contributed by atoms with E-state index in [1.165, 1.54) is 0 Å². The largest absolute Gasteiger partial charge is 0.480 e. The van der Waals surface area contributed by atoms with E-state index in [2.05, 4.69) is 5.32 Å². The third-order valence-corrected chi connectivity index (χ3v) is 2.83. The summed E-state index contributed by atoms with van der Waals surface area (Å²) >= 11 is 0. The number of carboxylic acid groups (broad SMARTS) is 1. The van der Waals surface area contributed by atoms with Crippen molar-refractivity contribution in [2.45, 2.75) is 39.8 Å². The van der Waals surface area contributed by atoms with Crippen molar-refractivity contribution in [3.8, 4) is 0 Å². The number of carboxylic acids is 1. The van der Waals surface area contributed by atoms with Crippen molar-refractivity contribution in [3.63, 3.8) is 0 Å². The molecule has 0 radical (unpaired) electrons. The maximum Gasteiger partial charge on any atom is 0.327 e. The Balaban J connectivity index is 3.01. The van der Waals surface area contributed by atoms with E-state index >= 15 is 0 Å². The molecule has 1 rings (SSSR count). The fraction of sp³-hybridized carbons (Fsp3) is 0.727. The number of imide groups is 1. The molecule has 1 aliphatic rings. The number of nitrogens with zero attached hydrogens (tertiary/aromatic N) is 1. The van der Waals surface area contributed by atoms with Crippen molar-refractivity contribution in [1.29, 1.82) is 0 Å². The molecule has 1 saturated heterocycles. The fourth-order valence-electron chi connectivity index (χ4n) is 1.92. The van der Waals surface area contributed by atoms with Crippen LogP contribution in [0.3, 0.4) is 0 Å². The van der Waals surface area contributed by atoms with Gasteiger partial charge in [0.15, 0.2) is 0 Å². The van der Waals surface area contributed by atoms with Crippen molar-refractivity contribution in [1.82, 2.24) is 10.2 Å². The molecule has 0 aliphatic carbocycles. The number of hydrogen-bond acceptors (Lipinski definition) is 3. The zero-order valence-corrected chi connectivity index (χ0v) is 10.4. The second kappa shape index (κ2) is 4.73. The van der Waals surface area contributed by atoms with Crippen LogP contribution in [0.1, 0.15) is 27.7 Å². The summed E-state index contributed by atoms with van der Waals surface area (Å²) in [5.41, 5.74) is 0. The second-order valence-electron chi connectivity index (χ2n) is 4.91. The van der Waals surface area contributed by atoms with Gasteiger partial charge in [-0.3, -0.25) is 4.79 Å². The molecule has 1 fully saturated rings. The summed E-state index contributed by atoms with van der Waals surface area (Å²) in [7, 11) is 0. The summed E-state index contributed by atoms with van der Waals surface area (Å²) in [6.07, 6.45) is 0. The van der Waals surface area contributed by atoms with E-state index in [0.717, 1.165) is 4.90 Å². The highest BCUT2D eigenvalue weighted by Crippen LogP contribution is 2.20. The van der Waals surface area contributed by atoms with Crippen LogP contribution in [0, 0.1) is 11.8 Å². The Morgan fingerprint density at radius 2 is 1.82 bits per heavy atom. The van der Waals surface area contributed by atoms with Crippen molar-refractivity contribution in [2.75, 3.05) is 0 Å². The second-order valence-corrected chi connectivity index (χ2v) is 4.91. The van der Waals surface area contributed by atoms with Gasteiger partial charge in [-0.25, -0.2) is 14.5 Å². The summed E-state index contributed by atoms with van der Waals surface area (Å²) < 4.78 is 0. The van der Waals surface area contributed by atoms with Gasteiger partial charge in [-0.15, -0.1) is 0 Å². The molecule has 0 spiro atoms. The van der Waals surface area contributed by atoms with Gasteiger partial charge < -0.3 is 10.4 Å². The molecule has 6 nitrogen and oxygen atoms in total. The molecule has 2 unspecified atom stereocenters. The van der Waals surface area contributed by atoms with E-state index in [9.17, 15) is 14.4 Å². The molecule has 6 heteroatoms. The smallest absolute Gasteiger partial charge is 0.327 e. The monoisotopic (exact) mass is 242 g/mol. The zero-order valence-electron chi connectivity index (χ0n) is 10.4. The highest BCUT2D eigenvalue weighted by molar-refractivity contribution is 6.07. The van der Waals surface area contributed by atoms with Gasteiger partial charge in [0.2, 0.25) is 0 Å².